The highest BCUT2D eigenvalue weighted by atomic mass is 16.5. The minimum absolute atomic E-state index is 0.555. The molecule has 0 unspecified atom stereocenters. The number of morpholine rings is 1. The zero-order valence-corrected chi connectivity index (χ0v) is 20.5. The van der Waals surface area contributed by atoms with Gasteiger partial charge in [0.2, 0.25) is 0 Å². The molecule has 178 valence electrons. The van der Waals surface area contributed by atoms with Crippen LogP contribution in [0.4, 0.5) is 5.69 Å². The van der Waals surface area contributed by atoms with Crippen LogP contribution in [0, 0.1) is 13.8 Å². The van der Waals surface area contributed by atoms with Gasteiger partial charge >= 0.3 is 0 Å². The molecule has 2 aliphatic heterocycles. The standard InChI is InChI=1S/C25H37N7O/c1-18-14-24(21-15-26-29(4)25(21)27-18)31-11-8-23-22(16-31)20(3)28-32(23)10-7-5-6-9-30-12-13-33-17-19(30)2/h14-15,19H,5-13,16-17H2,1-4H3/t19-/m1/s1. The molecule has 0 N–H and O–H groups in total. The number of aromatic nitrogens is 5. The third kappa shape index (κ3) is 4.51. The van der Waals surface area contributed by atoms with E-state index < -0.39 is 0 Å². The molecule has 8 nitrogen and oxygen atoms in total. The summed E-state index contributed by atoms with van der Waals surface area (Å²) < 4.78 is 9.71. The van der Waals surface area contributed by atoms with Crippen molar-refractivity contribution in [3.05, 3.63) is 34.9 Å². The van der Waals surface area contributed by atoms with Crippen molar-refractivity contribution >= 4 is 16.7 Å². The predicted octanol–water partition coefficient (Wildman–Crippen LogP) is 3.24. The Morgan fingerprint density at radius 2 is 1.97 bits per heavy atom. The van der Waals surface area contributed by atoms with Gasteiger partial charge in [-0.25, -0.2) is 4.98 Å². The summed E-state index contributed by atoms with van der Waals surface area (Å²) >= 11 is 0. The van der Waals surface area contributed by atoms with Crippen LogP contribution >= 0.6 is 0 Å². The van der Waals surface area contributed by atoms with Crippen LogP contribution in [-0.2, 0) is 31.3 Å². The van der Waals surface area contributed by atoms with E-state index in [1.54, 1.807) is 0 Å². The number of aryl methyl sites for hydroxylation is 4. The van der Waals surface area contributed by atoms with Crippen molar-refractivity contribution < 1.29 is 4.74 Å². The van der Waals surface area contributed by atoms with Crippen LogP contribution in [0.3, 0.4) is 0 Å². The highest BCUT2D eigenvalue weighted by molar-refractivity contribution is 5.89. The smallest absolute Gasteiger partial charge is 0.159 e. The number of rotatable bonds is 7. The van der Waals surface area contributed by atoms with E-state index in [1.807, 2.05) is 17.9 Å². The molecule has 0 radical (unpaired) electrons. The van der Waals surface area contributed by atoms with E-state index in [-0.39, 0.29) is 0 Å². The molecule has 33 heavy (non-hydrogen) atoms. The predicted molar refractivity (Wildman–Crippen MR) is 131 cm³/mol. The zero-order chi connectivity index (χ0) is 22.9. The third-order valence-electron chi connectivity index (χ3n) is 7.31. The highest BCUT2D eigenvalue weighted by Crippen LogP contribution is 2.32. The molecule has 0 aliphatic carbocycles. The molecule has 8 heteroatoms. The Morgan fingerprint density at radius 3 is 2.82 bits per heavy atom. The molecule has 1 fully saturated rings. The van der Waals surface area contributed by atoms with Crippen molar-refractivity contribution in [2.24, 2.45) is 7.05 Å². The first-order valence-corrected chi connectivity index (χ1v) is 12.4. The van der Waals surface area contributed by atoms with Gasteiger partial charge in [-0.15, -0.1) is 0 Å². The minimum atomic E-state index is 0.555. The van der Waals surface area contributed by atoms with Crippen molar-refractivity contribution in [1.29, 1.82) is 0 Å². The lowest BCUT2D eigenvalue weighted by Crippen LogP contribution is -2.43. The first-order chi connectivity index (χ1) is 16.0. The number of pyridine rings is 1. The van der Waals surface area contributed by atoms with E-state index in [0.717, 1.165) is 62.5 Å². The number of hydrogen-bond donors (Lipinski definition) is 0. The molecule has 2 aliphatic rings. The van der Waals surface area contributed by atoms with Crippen molar-refractivity contribution in [1.82, 2.24) is 29.4 Å². The van der Waals surface area contributed by atoms with Crippen molar-refractivity contribution in [2.75, 3.05) is 37.7 Å². The maximum absolute atomic E-state index is 5.55. The van der Waals surface area contributed by atoms with Crippen LogP contribution in [0.2, 0.25) is 0 Å². The SMILES string of the molecule is Cc1cc(N2CCc3c(c(C)nn3CCCCCN3CCOC[C@H]3C)C2)c2cnn(C)c2n1. The van der Waals surface area contributed by atoms with E-state index in [0.29, 0.717) is 6.04 Å². The number of anilines is 1. The van der Waals surface area contributed by atoms with Crippen LogP contribution in [0.5, 0.6) is 0 Å². The molecule has 0 aromatic carbocycles. The van der Waals surface area contributed by atoms with Gasteiger partial charge in [0, 0.05) is 62.6 Å². The van der Waals surface area contributed by atoms with Crippen LogP contribution in [0.15, 0.2) is 12.3 Å². The number of unbranched alkanes of at least 4 members (excludes halogenated alkanes) is 2. The Kier molecular flexibility index (Phi) is 6.38. The van der Waals surface area contributed by atoms with Gasteiger partial charge < -0.3 is 9.64 Å². The van der Waals surface area contributed by atoms with E-state index in [9.17, 15) is 0 Å². The maximum atomic E-state index is 5.55. The lowest BCUT2D eigenvalue weighted by atomic mass is 10.0. The average Bonchev–Trinajstić information content (AvgIpc) is 3.33. The zero-order valence-electron chi connectivity index (χ0n) is 20.5. The van der Waals surface area contributed by atoms with E-state index in [2.05, 4.69) is 51.4 Å². The van der Waals surface area contributed by atoms with Gasteiger partial charge in [-0.1, -0.05) is 6.42 Å². The quantitative estimate of drug-likeness (QED) is 0.514. The Labute approximate surface area is 196 Å². The van der Waals surface area contributed by atoms with Crippen LogP contribution in [0.25, 0.3) is 11.0 Å². The number of hydrogen-bond acceptors (Lipinski definition) is 6. The molecule has 5 heterocycles. The first kappa shape index (κ1) is 22.3. The average molecular weight is 452 g/mol. The normalized spacial score (nSPS) is 19.4. The third-order valence-corrected chi connectivity index (χ3v) is 7.31. The molecule has 0 saturated carbocycles. The fourth-order valence-electron chi connectivity index (χ4n) is 5.38. The molecular weight excluding hydrogens is 414 g/mol. The fraction of sp³-hybridized carbons (Fsp3) is 0.640. The summed E-state index contributed by atoms with van der Waals surface area (Å²) in [6.45, 7) is 13.4. The minimum Gasteiger partial charge on any atom is -0.379 e. The van der Waals surface area contributed by atoms with Gasteiger partial charge in [0.05, 0.1) is 36.2 Å². The molecule has 5 rings (SSSR count). The van der Waals surface area contributed by atoms with Crippen LogP contribution < -0.4 is 4.90 Å². The lowest BCUT2D eigenvalue weighted by Gasteiger charge is -2.33. The molecular formula is C25H37N7O. The van der Waals surface area contributed by atoms with E-state index in [4.69, 9.17) is 9.84 Å². The topological polar surface area (TPSA) is 64.2 Å². The molecule has 1 saturated heterocycles. The van der Waals surface area contributed by atoms with Gasteiger partial charge in [-0.05, 0) is 46.2 Å². The van der Waals surface area contributed by atoms with Gasteiger partial charge in [0.1, 0.15) is 0 Å². The maximum Gasteiger partial charge on any atom is 0.159 e. The molecule has 0 spiro atoms. The molecule has 3 aromatic heterocycles. The Balaban J connectivity index is 1.22. The van der Waals surface area contributed by atoms with E-state index in [1.165, 1.54) is 48.4 Å². The Bertz CT molecular complexity index is 1120. The first-order valence-electron chi connectivity index (χ1n) is 12.4. The molecule has 0 bridgehead atoms. The number of ether oxygens (including phenoxy) is 1. The van der Waals surface area contributed by atoms with Crippen LogP contribution in [-0.4, -0.2) is 68.3 Å². The number of nitrogens with zero attached hydrogens (tertiary/aromatic N) is 7. The van der Waals surface area contributed by atoms with Gasteiger partial charge in [0.25, 0.3) is 0 Å². The summed E-state index contributed by atoms with van der Waals surface area (Å²) in [5.41, 5.74) is 7.22. The second-order valence-corrected chi connectivity index (χ2v) is 9.71. The second kappa shape index (κ2) is 9.43. The summed E-state index contributed by atoms with van der Waals surface area (Å²) in [6.07, 6.45) is 6.67. The Hall–Kier alpha value is -2.45. The Morgan fingerprint density at radius 1 is 1.12 bits per heavy atom. The molecule has 1 atom stereocenters. The summed E-state index contributed by atoms with van der Waals surface area (Å²) in [5.74, 6) is 0. The van der Waals surface area contributed by atoms with Gasteiger partial charge in [-0.2, -0.15) is 10.2 Å². The summed E-state index contributed by atoms with van der Waals surface area (Å²) in [6, 6.07) is 2.75. The van der Waals surface area contributed by atoms with Crippen molar-refractivity contribution in [3.63, 3.8) is 0 Å². The fourth-order valence-corrected chi connectivity index (χ4v) is 5.38. The lowest BCUT2D eigenvalue weighted by molar-refractivity contribution is -0.000938. The van der Waals surface area contributed by atoms with Crippen molar-refractivity contribution in [3.8, 4) is 0 Å². The monoisotopic (exact) mass is 451 g/mol. The summed E-state index contributed by atoms with van der Waals surface area (Å²) in [7, 11) is 1.96. The van der Waals surface area contributed by atoms with E-state index >= 15 is 0 Å². The van der Waals surface area contributed by atoms with Gasteiger partial charge in [0.15, 0.2) is 5.65 Å². The summed E-state index contributed by atoms with van der Waals surface area (Å²) in [5, 5.41) is 10.5. The molecule has 3 aromatic rings. The number of fused-ring (bicyclic) bond motifs is 2. The molecule has 0 amide bonds. The van der Waals surface area contributed by atoms with Gasteiger partial charge in [-0.3, -0.25) is 14.3 Å². The van der Waals surface area contributed by atoms with Crippen molar-refractivity contribution in [2.45, 2.75) is 65.6 Å². The largest absolute Gasteiger partial charge is 0.379 e. The summed E-state index contributed by atoms with van der Waals surface area (Å²) in [4.78, 5) is 9.73. The second-order valence-electron chi connectivity index (χ2n) is 9.71. The highest BCUT2D eigenvalue weighted by Gasteiger charge is 2.25. The van der Waals surface area contributed by atoms with Crippen LogP contribution in [0.1, 0.15) is 48.8 Å².